The Morgan fingerprint density at radius 1 is 1.12 bits per heavy atom. The van der Waals surface area contributed by atoms with Crippen LogP contribution in [0.1, 0.15) is 18.1 Å². The van der Waals surface area contributed by atoms with Gasteiger partial charge in [-0.3, -0.25) is 14.5 Å². The molecule has 1 heterocycles. The Labute approximate surface area is 187 Å². The number of carbonyl (C=O) groups excluding carboxylic acids is 3. The third-order valence-corrected chi connectivity index (χ3v) is 5.09. The number of ether oxygens (including phenoxy) is 2. The van der Waals surface area contributed by atoms with E-state index in [1.54, 1.807) is 24.3 Å². The molecule has 1 fully saturated rings. The Morgan fingerprint density at radius 2 is 1.82 bits per heavy atom. The van der Waals surface area contributed by atoms with Gasteiger partial charge in [-0.1, -0.05) is 24.3 Å². The van der Waals surface area contributed by atoms with Crippen LogP contribution in [0.15, 0.2) is 48.5 Å². The smallest absolute Gasteiger partial charge is 0.416 e. The van der Waals surface area contributed by atoms with Crippen LogP contribution in [-0.4, -0.2) is 49.6 Å². The number of imide groups is 1. The minimum absolute atomic E-state index is 0.0382. The Bertz CT molecular complexity index is 1060. The van der Waals surface area contributed by atoms with Gasteiger partial charge in [0.15, 0.2) is 11.5 Å². The fourth-order valence-electron chi connectivity index (χ4n) is 3.33. The summed E-state index contributed by atoms with van der Waals surface area (Å²) < 4.78 is 49.8. The summed E-state index contributed by atoms with van der Waals surface area (Å²) >= 11 is 0. The second-order valence-corrected chi connectivity index (χ2v) is 7.37. The summed E-state index contributed by atoms with van der Waals surface area (Å²) in [6.07, 6.45) is -4.61. The van der Waals surface area contributed by atoms with Gasteiger partial charge in [0, 0.05) is 0 Å². The van der Waals surface area contributed by atoms with Crippen molar-refractivity contribution in [2.75, 3.05) is 26.8 Å². The molecule has 0 aliphatic carbocycles. The molecule has 3 rings (SSSR count). The second kappa shape index (κ2) is 9.39. The molecule has 2 N–H and O–H groups in total. The Balaban J connectivity index is 1.59. The molecule has 1 aliphatic heterocycles. The van der Waals surface area contributed by atoms with Gasteiger partial charge in [-0.2, -0.15) is 13.2 Å². The fourth-order valence-corrected chi connectivity index (χ4v) is 3.33. The lowest BCUT2D eigenvalue weighted by molar-refractivity contribution is -0.138. The van der Waals surface area contributed by atoms with E-state index in [0.29, 0.717) is 16.4 Å². The van der Waals surface area contributed by atoms with Crippen molar-refractivity contribution in [1.29, 1.82) is 0 Å². The van der Waals surface area contributed by atoms with Gasteiger partial charge >= 0.3 is 12.2 Å². The number of para-hydroxylation sites is 2. The minimum atomic E-state index is -4.61. The van der Waals surface area contributed by atoms with Crippen molar-refractivity contribution < 1.29 is 37.0 Å². The van der Waals surface area contributed by atoms with Crippen molar-refractivity contribution >= 4 is 17.8 Å². The highest BCUT2D eigenvalue weighted by atomic mass is 19.4. The van der Waals surface area contributed by atoms with Gasteiger partial charge in [-0.15, -0.1) is 0 Å². The normalized spacial score (nSPS) is 18.2. The number of carbonyl (C=O) groups is 3. The SMILES string of the molecule is COc1ccccc1OCCNC(=O)CN1C(=O)NC(C)(c2cccc(C(F)(F)F)c2)C1=O. The molecular formula is C22H22F3N3O5. The highest BCUT2D eigenvalue weighted by Crippen LogP contribution is 2.34. The first-order chi connectivity index (χ1) is 15.6. The first-order valence-electron chi connectivity index (χ1n) is 9.90. The van der Waals surface area contributed by atoms with Crippen LogP contribution in [0.25, 0.3) is 0 Å². The predicted molar refractivity (Wildman–Crippen MR) is 111 cm³/mol. The Kier molecular flexibility index (Phi) is 6.80. The van der Waals surface area contributed by atoms with E-state index in [1.807, 2.05) is 0 Å². The Hall–Kier alpha value is -3.76. The number of urea groups is 1. The molecule has 0 spiro atoms. The lowest BCUT2D eigenvalue weighted by Crippen LogP contribution is -2.43. The number of hydrogen-bond donors (Lipinski definition) is 2. The van der Waals surface area contributed by atoms with E-state index in [4.69, 9.17) is 9.47 Å². The van der Waals surface area contributed by atoms with Gasteiger partial charge in [0.1, 0.15) is 18.7 Å². The molecule has 33 heavy (non-hydrogen) atoms. The summed E-state index contributed by atoms with van der Waals surface area (Å²) in [4.78, 5) is 38.1. The summed E-state index contributed by atoms with van der Waals surface area (Å²) in [7, 11) is 1.50. The molecule has 1 aliphatic rings. The van der Waals surface area contributed by atoms with Crippen molar-refractivity contribution in [3.63, 3.8) is 0 Å². The maximum atomic E-state index is 13.0. The molecule has 0 radical (unpaired) electrons. The molecule has 4 amide bonds. The zero-order chi connectivity index (χ0) is 24.2. The molecule has 11 heteroatoms. The van der Waals surface area contributed by atoms with E-state index in [9.17, 15) is 27.6 Å². The molecule has 176 valence electrons. The zero-order valence-corrected chi connectivity index (χ0v) is 17.9. The summed E-state index contributed by atoms with van der Waals surface area (Å²) in [5.41, 5.74) is -2.72. The van der Waals surface area contributed by atoms with Gasteiger partial charge in [0.25, 0.3) is 5.91 Å². The average molecular weight is 465 g/mol. The van der Waals surface area contributed by atoms with E-state index < -0.39 is 41.7 Å². The van der Waals surface area contributed by atoms with Gasteiger partial charge in [0.05, 0.1) is 19.2 Å². The monoisotopic (exact) mass is 465 g/mol. The molecule has 2 aromatic rings. The van der Waals surface area contributed by atoms with Gasteiger partial charge < -0.3 is 20.1 Å². The van der Waals surface area contributed by atoms with Crippen LogP contribution in [0.5, 0.6) is 11.5 Å². The van der Waals surface area contributed by atoms with Crippen LogP contribution in [0.3, 0.4) is 0 Å². The summed E-state index contributed by atoms with van der Waals surface area (Å²) in [6, 6.07) is 10.2. The van der Waals surface area contributed by atoms with Crippen LogP contribution in [0.2, 0.25) is 0 Å². The van der Waals surface area contributed by atoms with Crippen molar-refractivity contribution in [3.05, 3.63) is 59.7 Å². The van der Waals surface area contributed by atoms with E-state index in [2.05, 4.69) is 10.6 Å². The quantitative estimate of drug-likeness (QED) is 0.462. The first kappa shape index (κ1) is 23.9. The van der Waals surface area contributed by atoms with Crippen molar-refractivity contribution in [2.45, 2.75) is 18.6 Å². The average Bonchev–Trinajstić information content (AvgIpc) is 3.00. The van der Waals surface area contributed by atoms with Crippen molar-refractivity contribution in [1.82, 2.24) is 15.5 Å². The third kappa shape index (κ3) is 5.18. The van der Waals surface area contributed by atoms with Crippen molar-refractivity contribution in [2.24, 2.45) is 0 Å². The van der Waals surface area contributed by atoms with Gasteiger partial charge in [-0.25, -0.2) is 4.79 Å². The number of nitrogens with zero attached hydrogens (tertiary/aromatic N) is 1. The van der Waals surface area contributed by atoms with E-state index >= 15 is 0 Å². The predicted octanol–water partition coefficient (Wildman–Crippen LogP) is 2.68. The fraction of sp³-hybridized carbons (Fsp3) is 0.318. The number of rotatable bonds is 8. The Morgan fingerprint density at radius 3 is 2.48 bits per heavy atom. The molecule has 1 unspecified atom stereocenters. The van der Waals surface area contributed by atoms with Crippen molar-refractivity contribution in [3.8, 4) is 11.5 Å². The van der Waals surface area contributed by atoms with E-state index in [1.165, 1.54) is 20.1 Å². The molecule has 0 bridgehead atoms. The number of halogens is 3. The molecule has 1 atom stereocenters. The minimum Gasteiger partial charge on any atom is -0.493 e. The van der Waals surface area contributed by atoms with E-state index in [-0.39, 0.29) is 18.7 Å². The lowest BCUT2D eigenvalue weighted by atomic mass is 9.90. The summed E-state index contributed by atoms with van der Waals surface area (Å²) in [5, 5.41) is 4.91. The second-order valence-electron chi connectivity index (χ2n) is 7.37. The molecule has 2 aromatic carbocycles. The first-order valence-corrected chi connectivity index (χ1v) is 9.90. The number of hydrogen-bond acceptors (Lipinski definition) is 5. The topological polar surface area (TPSA) is 97.0 Å². The van der Waals surface area contributed by atoms with Crippen LogP contribution in [-0.2, 0) is 21.3 Å². The number of amides is 4. The maximum absolute atomic E-state index is 13.0. The molecule has 0 aromatic heterocycles. The summed E-state index contributed by atoms with van der Waals surface area (Å²) in [5.74, 6) is -0.445. The third-order valence-electron chi connectivity index (χ3n) is 5.09. The number of benzene rings is 2. The number of methoxy groups -OCH3 is 1. The lowest BCUT2D eigenvalue weighted by Gasteiger charge is -2.23. The van der Waals surface area contributed by atoms with Crippen LogP contribution < -0.4 is 20.1 Å². The standard InChI is InChI=1S/C22H22F3N3O5/c1-21(14-6-5-7-15(12-14)22(23,24)25)19(30)28(20(31)27-21)13-18(29)26-10-11-33-17-9-4-3-8-16(17)32-2/h3-9,12H,10-11,13H2,1-2H3,(H,26,29)(H,27,31). The van der Waals surface area contributed by atoms with Gasteiger partial charge in [-0.05, 0) is 36.8 Å². The number of alkyl halides is 3. The zero-order valence-electron chi connectivity index (χ0n) is 17.9. The van der Waals surface area contributed by atoms with Crippen LogP contribution in [0, 0.1) is 0 Å². The number of nitrogens with one attached hydrogen (secondary N) is 2. The molecule has 8 nitrogen and oxygen atoms in total. The molecule has 1 saturated heterocycles. The highest BCUT2D eigenvalue weighted by molar-refractivity contribution is 6.09. The van der Waals surface area contributed by atoms with Crippen LogP contribution in [0.4, 0.5) is 18.0 Å². The van der Waals surface area contributed by atoms with E-state index in [0.717, 1.165) is 18.2 Å². The highest BCUT2D eigenvalue weighted by Gasteiger charge is 2.50. The summed E-state index contributed by atoms with van der Waals surface area (Å²) in [6.45, 7) is 0.898. The largest absolute Gasteiger partial charge is 0.493 e. The molecular weight excluding hydrogens is 443 g/mol. The van der Waals surface area contributed by atoms with Gasteiger partial charge in [0.2, 0.25) is 5.91 Å². The maximum Gasteiger partial charge on any atom is 0.416 e. The molecule has 0 saturated carbocycles. The van der Waals surface area contributed by atoms with Crippen LogP contribution >= 0.6 is 0 Å².